The topological polar surface area (TPSA) is 52.6 Å². The lowest BCUT2D eigenvalue weighted by Crippen LogP contribution is -2.40. The van der Waals surface area contributed by atoms with Crippen molar-refractivity contribution in [1.82, 2.24) is 20.5 Å². The molecule has 2 rings (SSSR count). The fourth-order valence-electron chi connectivity index (χ4n) is 2.97. The van der Waals surface area contributed by atoms with Gasteiger partial charge in [0, 0.05) is 36.6 Å². The molecule has 1 aliphatic rings. The van der Waals surface area contributed by atoms with Crippen molar-refractivity contribution >= 4 is 41.3 Å². The Labute approximate surface area is 167 Å². The molecule has 1 saturated heterocycles. The smallest absolute Gasteiger partial charge is 0.191 e. The van der Waals surface area contributed by atoms with Crippen LogP contribution in [-0.2, 0) is 12.8 Å². The van der Waals surface area contributed by atoms with Crippen LogP contribution >= 0.6 is 35.3 Å². The number of likely N-dealkylation sites (tertiary alicyclic amines) is 1. The summed E-state index contributed by atoms with van der Waals surface area (Å²) in [5.74, 6) is 0.933. The first kappa shape index (κ1) is 21.6. The molecule has 1 aromatic rings. The lowest BCUT2D eigenvalue weighted by molar-refractivity contribution is 0.273. The van der Waals surface area contributed by atoms with Crippen molar-refractivity contribution in [2.45, 2.75) is 52.5 Å². The Morgan fingerprint density at radius 3 is 2.88 bits per heavy atom. The van der Waals surface area contributed by atoms with Gasteiger partial charge < -0.3 is 10.6 Å². The monoisotopic (exact) mass is 465 g/mol. The number of thiazole rings is 1. The number of nitrogens with one attached hydrogen (secondary N) is 2. The minimum atomic E-state index is 0. The number of likely N-dealkylation sites (N-methyl/N-ethyl adjacent to an activating group) is 1. The summed E-state index contributed by atoms with van der Waals surface area (Å²) < 4.78 is 0. The van der Waals surface area contributed by atoms with Gasteiger partial charge in [0.15, 0.2) is 5.96 Å². The van der Waals surface area contributed by atoms with Crippen molar-refractivity contribution in [3.63, 3.8) is 0 Å². The number of guanidine groups is 1. The average molecular weight is 465 g/mol. The maximum atomic E-state index is 4.78. The van der Waals surface area contributed by atoms with Crippen LogP contribution in [0.25, 0.3) is 0 Å². The third kappa shape index (κ3) is 6.84. The molecule has 2 heterocycles. The maximum Gasteiger partial charge on any atom is 0.191 e. The Bertz CT molecular complexity index is 491. The Morgan fingerprint density at radius 1 is 1.38 bits per heavy atom. The van der Waals surface area contributed by atoms with E-state index >= 15 is 0 Å². The number of aromatic nitrogens is 1. The molecule has 7 heteroatoms. The van der Waals surface area contributed by atoms with Crippen LogP contribution in [0.1, 0.15) is 43.5 Å². The molecule has 0 aliphatic carbocycles. The highest BCUT2D eigenvalue weighted by Gasteiger charge is 2.22. The Balaban J connectivity index is 0.00000288. The van der Waals surface area contributed by atoms with Gasteiger partial charge in [-0.2, -0.15) is 0 Å². The van der Waals surface area contributed by atoms with E-state index in [1.807, 2.05) is 17.5 Å². The van der Waals surface area contributed by atoms with Crippen molar-refractivity contribution in [2.75, 3.05) is 32.7 Å². The summed E-state index contributed by atoms with van der Waals surface area (Å²) in [6.07, 6.45) is 6.61. The number of halogens is 1. The molecule has 1 fully saturated rings. The average Bonchev–Trinajstić information content (AvgIpc) is 3.21. The molecule has 1 aliphatic heterocycles. The number of hydrogen-bond acceptors (Lipinski definition) is 4. The van der Waals surface area contributed by atoms with Gasteiger partial charge in [0.2, 0.25) is 0 Å². The van der Waals surface area contributed by atoms with E-state index in [1.165, 1.54) is 29.3 Å². The minimum Gasteiger partial charge on any atom is -0.357 e. The molecule has 0 radical (unpaired) electrons. The highest BCUT2D eigenvalue weighted by atomic mass is 127. The maximum absolute atomic E-state index is 4.78. The van der Waals surface area contributed by atoms with Gasteiger partial charge in [-0.15, -0.1) is 35.3 Å². The molecule has 1 unspecified atom stereocenters. The van der Waals surface area contributed by atoms with Crippen molar-refractivity contribution < 1.29 is 0 Å². The zero-order valence-electron chi connectivity index (χ0n) is 15.2. The zero-order chi connectivity index (χ0) is 16.5. The van der Waals surface area contributed by atoms with Crippen molar-refractivity contribution in [2.24, 2.45) is 4.99 Å². The highest BCUT2D eigenvalue weighted by molar-refractivity contribution is 14.0. The largest absolute Gasteiger partial charge is 0.357 e. The number of hydrogen-bond donors (Lipinski definition) is 2. The molecule has 24 heavy (non-hydrogen) atoms. The van der Waals surface area contributed by atoms with Crippen LogP contribution < -0.4 is 10.6 Å². The van der Waals surface area contributed by atoms with Gasteiger partial charge >= 0.3 is 0 Å². The fraction of sp³-hybridized carbons (Fsp3) is 0.765. The minimum absolute atomic E-state index is 0. The predicted molar refractivity (Wildman–Crippen MR) is 115 cm³/mol. The normalized spacial score (nSPS) is 18.5. The summed E-state index contributed by atoms with van der Waals surface area (Å²) in [4.78, 5) is 13.2. The van der Waals surface area contributed by atoms with Crippen LogP contribution in [0.5, 0.6) is 0 Å². The fourth-order valence-corrected chi connectivity index (χ4v) is 3.83. The second-order valence-electron chi connectivity index (χ2n) is 5.89. The van der Waals surface area contributed by atoms with Gasteiger partial charge in [0.25, 0.3) is 0 Å². The third-order valence-electron chi connectivity index (χ3n) is 4.29. The van der Waals surface area contributed by atoms with E-state index in [0.29, 0.717) is 6.04 Å². The SMILES string of the molecule is CCNC(=NCC1CCCN1CC)NCCc1ncc(CC)s1.I. The molecule has 0 saturated carbocycles. The van der Waals surface area contributed by atoms with Crippen LogP contribution in [0.2, 0.25) is 0 Å². The van der Waals surface area contributed by atoms with E-state index in [4.69, 9.17) is 4.99 Å². The standard InChI is InChI=1S/C17H31N5S.HI/c1-4-15-13-20-16(23-15)9-10-19-17(18-5-2)21-12-14-8-7-11-22(14)6-3;/h13-14H,4-12H2,1-3H3,(H2,18,19,21);1H. The summed E-state index contributed by atoms with van der Waals surface area (Å²) in [6, 6.07) is 0.613. The number of aryl methyl sites for hydroxylation is 1. The summed E-state index contributed by atoms with van der Waals surface area (Å²) in [5.41, 5.74) is 0. The van der Waals surface area contributed by atoms with E-state index in [1.54, 1.807) is 0 Å². The van der Waals surface area contributed by atoms with Gasteiger partial charge in [0.1, 0.15) is 0 Å². The molecule has 0 amide bonds. The van der Waals surface area contributed by atoms with Crippen molar-refractivity contribution in [1.29, 1.82) is 0 Å². The second-order valence-corrected chi connectivity index (χ2v) is 7.09. The lowest BCUT2D eigenvalue weighted by Gasteiger charge is -2.21. The highest BCUT2D eigenvalue weighted by Crippen LogP contribution is 2.16. The first-order valence-corrected chi connectivity index (χ1v) is 9.78. The molecule has 5 nitrogen and oxygen atoms in total. The lowest BCUT2D eigenvalue weighted by atomic mass is 10.2. The molecule has 0 spiro atoms. The molecule has 0 aromatic carbocycles. The quantitative estimate of drug-likeness (QED) is 0.352. The van der Waals surface area contributed by atoms with E-state index in [2.05, 4.69) is 41.3 Å². The summed E-state index contributed by atoms with van der Waals surface area (Å²) >= 11 is 1.82. The summed E-state index contributed by atoms with van der Waals surface area (Å²) in [6.45, 7) is 11.5. The molecule has 0 bridgehead atoms. The van der Waals surface area contributed by atoms with Gasteiger partial charge in [-0.05, 0) is 39.3 Å². The zero-order valence-corrected chi connectivity index (χ0v) is 18.3. The van der Waals surface area contributed by atoms with Crippen molar-refractivity contribution in [3.05, 3.63) is 16.1 Å². The van der Waals surface area contributed by atoms with Crippen molar-refractivity contribution in [3.8, 4) is 0 Å². The molecule has 2 N–H and O–H groups in total. The van der Waals surface area contributed by atoms with Gasteiger partial charge in [-0.1, -0.05) is 13.8 Å². The molecular formula is C17H32IN5S. The van der Waals surface area contributed by atoms with Gasteiger partial charge in [0.05, 0.1) is 11.6 Å². The molecule has 138 valence electrons. The van der Waals surface area contributed by atoms with Crippen LogP contribution in [0, 0.1) is 0 Å². The number of aliphatic imine (C=N–C) groups is 1. The third-order valence-corrected chi connectivity index (χ3v) is 5.49. The van der Waals surface area contributed by atoms with Crippen LogP contribution in [0.3, 0.4) is 0 Å². The second kappa shape index (κ2) is 12.0. The molecule has 1 aromatic heterocycles. The van der Waals surface area contributed by atoms with E-state index in [-0.39, 0.29) is 24.0 Å². The first-order chi connectivity index (χ1) is 11.3. The van der Waals surface area contributed by atoms with Gasteiger partial charge in [-0.25, -0.2) is 4.98 Å². The first-order valence-electron chi connectivity index (χ1n) is 8.96. The predicted octanol–water partition coefficient (Wildman–Crippen LogP) is 2.91. The van der Waals surface area contributed by atoms with E-state index in [0.717, 1.165) is 45.0 Å². The van der Waals surface area contributed by atoms with E-state index in [9.17, 15) is 0 Å². The molecule has 1 atom stereocenters. The Morgan fingerprint density at radius 2 is 2.21 bits per heavy atom. The summed E-state index contributed by atoms with van der Waals surface area (Å²) in [7, 11) is 0. The van der Waals surface area contributed by atoms with Crippen LogP contribution in [0.15, 0.2) is 11.2 Å². The Kier molecular flexibility index (Phi) is 10.8. The number of nitrogens with zero attached hydrogens (tertiary/aromatic N) is 3. The van der Waals surface area contributed by atoms with E-state index < -0.39 is 0 Å². The Hall–Kier alpha value is -0.410. The molecular weight excluding hydrogens is 433 g/mol. The summed E-state index contributed by atoms with van der Waals surface area (Å²) in [5, 5.41) is 7.99. The van der Waals surface area contributed by atoms with Crippen LogP contribution in [-0.4, -0.2) is 54.6 Å². The van der Waals surface area contributed by atoms with Crippen LogP contribution in [0.4, 0.5) is 0 Å². The van der Waals surface area contributed by atoms with Gasteiger partial charge in [-0.3, -0.25) is 9.89 Å². The number of rotatable bonds is 8.